The van der Waals surface area contributed by atoms with E-state index in [1.807, 2.05) is 19.1 Å². The molecule has 1 aromatic heterocycles. The molecule has 24 heavy (non-hydrogen) atoms. The van der Waals surface area contributed by atoms with Crippen LogP contribution < -0.4 is 5.32 Å². The number of esters is 1. The Labute approximate surface area is 145 Å². The molecule has 0 bridgehead atoms. The fraction of sp³-hybridized carbons (Fsp3) is 0.353. The van der Waals surface area contributed by atoms with E-state index in [0.717, 1.165) is 5.56 Å². The number of ether oxygens (including phenoxy) is 1. The summed E-state index contributed by atoms with van der Waals surface area (Å²) in [5.41, 5.74) is 1.89. The Bertz CT molecular complexity index is 710. The highest BCUT2D eigenvalue weighted by Gasteiger charge is 2.21. The van der Waals surface area contributed by atoms with Gasteiger partial charge >= 0.3 is 5.97 Å². The van der Waals surface area contributed by atoms with Crippen LogP contribution in [0.25, 0.3) is 0 Å². The summed E-state index contributed by atoms with van der Waals surface area (Å²) in [4.78, 5) is 23.8. The highest BCUT2D eigenvalue weighted by molar-refractivity contribution is 6.30. The molecule has 6 nitrogen and oxygen atoms in total. The number of halogens is 1. The predicted molar refractivity (Wildman–Crippen MR) is 89.1 cm³/mol. The van der Waals surface area contributed by atoms with Gasteiger partial charge in [0, 0.05) is 11.6 Å². The molecule has 0 saturated heterocycles. The number of aryl methyl sites for hydroxylation is 2. The molecule has 1 aromatic carbocycles. The molecule has 0 unspecified atom stereocenters. The van der Waals surface area contributed by atoms with Crippen LogP contribution in [-0.4, -0.2) is 30.2 Å². The fourth-order valence-electron chi connectivity index (χ4n) is 2.17. The van der Waals surface area contributed by atoms with E-state index in [1.54, 1.807) is 19.1 Å². The first-order valence-corrected chi connectivity index (χ1v) is 8.02. The molecule has 0 fully saturated rings. The number of rotatable bonds is 7. The third-order valence-electron chi connectivity index (χ3n) is 3.46. The number of nitrogens with zero attached hydrogens (tertiary/aromatic N) is 1. The lowest BCUT2D eigenvalue weighted by Gasteiger charge is -2.07. The molecular formula is C17H19ClN2O4. The van der Waals surface area contributed by atoms with Gasteiger partial charge < -0.3 is 14.6 Å². The Morgan fingerprint density at radius 2 is 2.00 bits per heavy atom. The standard InChI is InChI=1S/C17H19ClN2O4/c1-3-14-16(11(2)24-20-14)17(22)23-10-15(21)19-9-8-12-4-6-13(18)7-5-12/h4-7H,3,8-10H2,1-2H3,(H,19,21). The topological polar surface area (TPSA) is 81.4 Å². The van der Waals surface area contributed by atoms with E-state index in [4.69, 9.17) is 20.9 Å². The van der Waals surface area contributed by atoms with E-state index in [1.165, 1.54) is 0 Å². The second-order valence-corrected chi connectivity index (χ2v) is 5.65. The van der Waals surface area contributed by atoms with Crippen LogP contribution in [-0.2, 0) is 22.4 Å². The summed E-state index contributed by atoms with van der Waals surface area (Å²) in [5, 5.41) is 7.16. The van der Waals surface area contributed by atoms with Crippen molar-refractivity contribution in [2.75, 3.05) is 13.2 Å². The van der Waals surface area contributed by atoms with Crippen LogP contribution in [0.3, 0.4) is 0 Å². The van der Waals surface area contributed by atoms with E-state index in [0.29, 0.717) is 41.4 Å². The van der Waals surface area contributed by atoms with Gasteiger partial charge in [-0.15, -0.1) is 0 Å². The second kappa shape index (κ2) is 8.49. The Kier molecular flexibility index (Phi) is 6.37. The van der Waals surface area contributed by atoms with Crippen molar-refractivity contribution in [2.24, 2.45) is 0 Å². The zero-order chi connectivity index (χ0) is 17.5. The zero-order valence-corrected chi connectivity index (χ0v) is 14.4. The summed E-state index contributed by atoms with van der Waals surface area (Å²) in [6.07, 6.45) is 1.22. The Balaban J connectivity index is 1.75. The Morgan fingerprint density at radius 1 is 1.29 bits per heavy atom. The maximum Gasteiger partial charge on any atom is 0.344 e. The number of carbonyl (C=O) groups excluding carboxylic acids is 2. The second-order valence-electron chi connectivity index (χ2n) is 5.22. The fourth-order valence-corrected chi connectivity index (χ4v) is 2.30. The van der Waals surface area contributed by atoms with Crippen molar-refractivity contribution in [3.8, 4) is 0 Å². The van der Waals surface area contributed by atoms with Crippen molar-refractivity contribution in [1.82, 2.24) is 10.5 Å². The molecule has 2 rings (SSSR count). The highest BCUT2D eigenvalue weighted by atomic mass is 35.5. The minimum Gasteiger partial charge on any atom is -0.452 e. The van der Waals surface area contributed by atoms with Gasteiger partial charge in [-0.3, -0.25) is 4.79 Å². The van der Waals surface area contributed by atoms with Gasteiger partial charge in [-0.2, -0.15) is 0 Å². The van der Waals surface area contributed by atoms with E-state index >= 15 is 0 Å². The first-order chi connectivity index (χ1) is 11.5. The lowest BCUT2D eigenvalue weighted by atomic mass is 10.1. The smallest absolute Gasteiger partial charge is 0.344 e. The van der Waals surface area contributed by atoms with Gasteiger partial charge in [-0.05, 0) is 37.5 Å². The van der Waals surface area contributed by atoms with Gasteiger partial charge in [0.05, 0.1) is 5.69 Å². The summed E-state index contributed by atoms with van der Waals surface area (Å²) in [5.74, 6) is -0.567. The molecule has 1 heterocycles. The van der Waals surface area contributed by atoms with Crippen LogP contribution in [0.4, 0.5) is 0 Å². The van der Waals surface area contributed by atoms with Crippen molar-refractivity contribution in [1.29, 1.82) is 0 Å². The van der Waals surface area contributed by atoms with Gasteiger partial charge in [0.1, 0.15) is 11.3 Å². The van der Waals surface area contributed by atoms with E-state index in [2.05, 4.69) is 10.5 Å². The molecule has 2 aromatic rings. The Morgan fingerprint density at radius 3 is 2.67 bits per heavy atom. The third kappa shape index (κ3) is 4.83. The largest absolute Gasteiger partial charge is 0.452 e. The molecule has 1 amide bonds. The van der Waals surface area contributed by atoms with Crippen LogP contribution in [0.5, 0.6) is 0 Å². The van der Waals surface area contributed by atoms with Gasteiger partial charge in [-0.1, -0.05) is 35.8 Å². The van der Waals surface area contributed by atoms with Gasteiger partial charge in [0.25, 0.3) is 5.91 Å². The molecule has 0 aliphatic heterocycles. The van der Waals surface area contributed by atoms with E-state index in [-0.39, 0.29) is 12.5 Å². The molecule has 0 spiro atoms. The van der Waals surface area contributed by atoms with E-state index in [9.17, 15) is 9.59 Å². The summed E-state index contributed by atoms with van der Waals surface area (Å²) >= 11 is 5.81. The minimum atomic E-state index is -0.599. The monoisotopic (exact) mass is 350 g/mol. The van der Waals surface area contributed by atoms with Crippen molar-refractivity contribution in [2.45, 2.75) is 26.7 Å². The third-order valence-corrected chi connectivity index (χ3v) is 3.71. The lowest BCUT2D eigenvalue weighted by Crippen LogP contribution is -2.30. The average Bonchev–Trinajstić information content (AvgIpc) is 2.95. The molecule has 1 N–H and O–H groups in total. The number of nitrogens with one attached hydrogen (secondary N) is 1. The predicted octanol–water partition coefficient (Wildman–Crippen LogP) is 2.71. The molecule has 0 atom stereocenters. The molecule has 128 valence electrons. The molecule has 0 aliphatic rings. The first-order valence-electron chi connectivity index (χ1n) is 7.64. The normalized spacial score (nSPS) is 10.5. The van der Waals surface area contributed by atoms with Crippen LogP contribution in [0.1, 0.15) is 34.3 Å². The zero-order valence-electron chi connectivity index (χ0n) is 13.6. The van der Waals surface area contributed by atoms with Crippen molar-refractivity contribution in [3.05, 3.63) is 51.9 Å². The van der Waals surface area contributed by atoms with Gasteiger partial charge in [-0.25, -0.2) is 4.79 Å². The summed E-state index contributed by atoms with van der Waals surface area (Å²) in [7, 11) is 0. The van der Waals surface area contributed by atoms with Crippen LogP contribution in [0.2, 0.25) is 5.02 Å². The quantitative estimate of drug-likeness (QED) is 0.776. The Hall–Kier alpha value is -2.34. The molecule has 0 radical (unpaired) electrons. The average molecular weight is 351 g/mol. The van der Waals surface area contributed by atoms with Crippen LogP contribution in [0, 0.1) is 6.92 Å². The maximum atomic E-state index is 12.0. The van der Waals surface area contributed by atoms with E-state index < -0.39 is 5.97 Å². The van der Waals surface area contributed by atoms with Crippen molar-refractivity contribution >= 4 is 23.5 Å². The number of carbonyl (C=O) groups is 2. The number of aromatic nitrogens is 1. The number of amides is 1. The molecule has 7 heteroatoms. The SMILES string of the molecule is CCc1noc(C)c1C(=O)OCC(=O)NCCc1ccc(Cl)cc1. The maximum absolute atomic E-state index is 12.0. The molecule has 0 saturated carbocycles. The summed E-state index contributed by atoms with van der Waals surface area (Å²) in [6, 6.07) is 7.39. The summed E-state index contributed by atoms with van der Waals surface area (Å²) < 4.78 is 10.00. The van der Waals surface area contributed by atoms with Crippen molar-refractivity contribution in [3.63, 3.8) is 0 Å². The van der Waals surface area contributed by atoms with Crippen molar-refractivity contribution < 1.29 is 18.8 Å². The minimum absolute atomic E-state index is 0.298. The van der Waals surface area contributed by atoms with Gasteiger partial charge in [0.2, 0.25) is 0 Å². The molecule has 0 aliphatic carbocycles. The highest BCUT2D eigenvalue weighted by Crippen LogP contribution is 2.15. The number of hydrogen-bond acceptors (Lipinski definition) is 5. The first kappa shape index (κ1) is 18.0. The van der Waals surface area contributed by atoms with Crippen LogP contribution in [0.15, 0.2) is 28.8 Å². The lowest BCUT2D eigenvalue weighted by molar-refractivity contribution is -0.124. The number of hydrogen-bond donors (Lipinski definition) is 1. The summed E-state index contributed by atoms with van der Waals surface area (Å²) in [6.45, 7) is 3.60. The van der Waals surface area contributed by atoms with Crippen LogP contribution >= 0.6 is 11.6 Å². The van der Waals surface area contributed by atoms with Gasteiger partial charge in [0.15, 0.2) is 6.61 Å². The number of benzene rings is 1. The molecular weight excluding hydrogens is 332 g/mol.